The van der Waals surface area contributed by atoms with Crippen molar-refractivity contribution < 1.29 is 4.79 Å². The summed E-state index contributed by atoms with van der Waals surface area (Å²) in [5, 5.41) is 1.68. The zero-order valence-corrected chi connectivity index (χ0v) is 10.6. The lowest BCUT2D eigenvalue weighted by Gasteiger charge is -2.06. The second-order valence-electron chi connectivity index (χ2n) is 4.11. The van der Waals surface area contributed by atoms with E-state index in [1.165, 1.54) is 0 Å². The van der Waals surface area contributed by atoms with E-state index in [2.05, 4.69) is 4.98 Å². The van der Waals surface area contributed by atoms with Crippen LogP contribution >= 0.6 is 22.9 Å². The first-order chi connectivity index (χ1) is 8.22. The highest BCUT2D eigenvalue weighted by atomic mass is 35.5. The first-order valence-electron chi connectivity index (χ1n) is 5.48. The van der Waals surface area contributed by atoms with E-state index in [0.29, 0.717) is 23.6 Å². The fraction of sp³-hybridized carbons (Fsp3) is 0.231. The van der Waals surface area contributed by atoms with E-state index >= 15 is 0 Å². The molecule has 0 saturated heterocycles. The van der Waals surface area contributed by atoms with E-state index in [-0.39, 0.29) is 0 Å². The highest BCUT2D eigenvalue weighted by Crippen LogP contribution is 2.32. The first-order valence-corrected chi connectivity index (χ1v) is 6.68. The third-order valence-electron chi connectivity index (χ3n) is 2.85. The number of nitrogens with zero attached hydrogens (tertiary/aromatic N) is 1. The van der Waals surface area contributed by atoms with Gasteiger partial charge in [0.2, 0.25) is 0 Å². The van der Waals surface area contributed by atoms with Crippen LogP contribution in [0.4, 0.5) is 0 Å². The lowest BCUT2D eigenvalue weighted by molar-refractivity contribution is -0.118. The number of fused-ring (bicyclic) bond motifs is 1. The fourth-order valence-corrected chi connectivity index (χ4v) is 3.31. The number of benzene rings is 1. The molecular weight excluding hydrogens is 254 g/mol. The summed E-state index contributed by atoms with van der Waals surface area (Å²) in [7, 11) is 0. The number of aryl methyl sites for hydroxylation is 1. The van der Waals surface area contributed by atoms with Crippen molar-refractivity contribution in [1.29, 1.82) is 0 Å². The average molecular weight is 264 g/mol. The Morgan fingerprint density at radius 1 is 1.29 bits per heavy atom. The van der Waals surface area contributed by atoms with Crippen LogP contribution in [0.3, 0.4) is 0 Å². The third kappa shape index (κ3) is 2.13. The molecule has 1 aromatic carbocycles. The molecule has 0 N–H and O–H groups in total. The predicted octanol–water partition coefficient (Wildman–Crippen LogP) is 3.52. The van der Waals surface area contributed by atoms with Gasteiger partial charge in [0, 0.05) is 28.3 Å². The number of carbonyl (C=O) groups is 1. The van der Waals surface area contributed by atoms with Gasteiger partial charge in [0.25, 0.3) is 0 Å². The Kier molecular flexibility index (Phi) is 2.73. The van der Waals surface area contributed by atoms with Crippen molar-refractivity contribution >= 4 is 28.7 Å². The van der Waals surface area contributed by atoms with Crippen molar-refractivity contribution in [1.82, 2.24) is 4.98 Å². The minimum atomic E-state index is 0.318. The standard InChI is InChI=1S/C13H10ClNOS/c14-9-3-1-2-8(6-9)13-15-11-5-4-10(16)7-12(11)17-13/h1-3,6H,4-5,7H2. The van der Waals surface area contributed by atoms with Gasteiger partial charge in [-0.05, 0) is 18.6 Å². The van der Waals surface area contributed by atoms with Crippen LogP contribution in [-0.2, 0) is 17.6 Å². The van der Waals surface area contributed by atoms with Crippen LogP contribution in [0.5, 0.6) is 0 Å². The molecule has 86 valence electrons. The van der Waals surface area contributed by atoms with Crippen LogP contribution in [0, 0.1) is 0 Å². The molecule has 4 heteroatoms. The molecule has 17 heavy (non-hydrogen) atoms. The Balaban J connectivity index is 2.02. The number of hydrogen-bond acceptors (Lipinski definition) is 3. The predicted molar refractivity (Wildman–Crippen MR) is 69.6 cm³/mol. The number of rotatable bonds is 1. The van der Waals surface area contributed by atoms with E-state index in [0.717, 1.165) is 27.6 Å². The monoisotopic (exact) mass is 263 g/mol. The van der Waals surface area contributed by atoms with Crippen molar-refractivity contribution in [2.24, 2.45) is 0 Å². The summed E-state index contributed by atoms with van der Waals surface area (Å²) < 4.78 is 0. The van der Waals surface area contributed by atoms with E-state index in [1.54, 1.807) is 11.3 Å². The average Bonchev–Trinajstić information content (AvgIpc) is 2.72. The van der Waals surface area contributed by atoms with Gasteiger partial charge in [-0.1, -0.05) is 23.7 Å². The smallest absolute Gasteiger partial charge is 0.138 e. The van der Waals surface area contributed by atoms with Gasteiger partial charge in [0.1, 0.15) is 10.8 Å². The Bertz CT molecular complexity index is 591. The molecule has 0 atom stereocenters. The molecule has 0 saturated carbocycles. The number of thiazole rings is 1. The number of aromatic nitrogens is 1. The minimum absolute atomic E-state index is 0.318. The maximum atomic E-state index is 11.4. The van der Waals surface area contributed by atoms with Gasteiger partial charge in [-0.15, -0.1) is 11.3 Å². The molecule has 0 amide bonds. The van der Waals surface area contributed by atoms with Crippen LogP contribution in [0.1, 0.15) is 17.0 Å². The van der Waals surface area contributed by atoms with Crippen molar-refractivity contribution in [3.63, 3.8) is 0 Å². The van der Waals surface area contributed by atoms with Gasteiger partial charge in [0.05, 0.1) is 5.69 Å². The molecule has 0 unspecified atom stereocenters. The Morgan fingerprint density at radius 3 is 3.00 bits per heavy atom. The molecule has 2 aromatic rings. The summed E-state index contributed by atoms with van der Waals surface area (Å²) in [6.07, 6.45) is 1.96. The van der Waals surface area contributed by atoms with Crippen molar-refractivity contribution in [2.45, 2.75) is 19.3 Å². The molecule has 1 aliphatic rings. The van der Waals surface area contributed by atoms with Gasteiger partial charge in [-0.25, -0.2) is 4.98 Å². The van der Waals surface area contributed by atoms with E-state index < -0.39 is 0 Å². The molecule has 1 aromatic heterocycles. The maximum Gasteiger partial charge on any atom is 0.138 e. The molecule has 0 aliphatic heterocycles. The Hall–Kier alpha value is -1.19. The van der Waals surface area contributed by atoms with Gasteiger partial charge in [0.15, 0.2) is 0 Å². The molecule has 0 fully saturated rings. The fourth-order valence-electron chi connectivity index (χ4n) is 1.99. The summed E-state index contributed by atoms with van der Waals surface area (Å²) in [4.78, 5) is 17.1. The molecule has 1 aliphatic carbocycles. The van der Waals surface area contributed by atoms with E-state index in [9.17, 15) is 4.79 Å². The number of hydrogen-bond donors (Lipinski definition) is 0. The zero-order chi connectivity index (χ0) is 11.8. The molecule has 0 spiro atoms. The Labute approximate surface area is 108 Å². The van der Waals surface area contributed by atoms with Gasteiger partial charge in [-0.3, -0.25) is 4.79 Å². The molecule has 3 rings (SSSR count). The zero-order valence-electron chi connectivity index (χ0n) is 9.07. The normalized spacial score (nSPS) is 14.8. The van der Waals surface area contributed by atoms with Gasteiger partial charge in [-0.2, -0.15) is 0 Å². The lowest BCUT2D eigenvalue weighted by Crippen LogP contribution is -2.11. The molecule has 0 bridgehead atoms. The summed E-state index contributed by atoms with van der Waals surface area (Å²) in [6, 6.07) is 7.68. The highest BCUT2D eigenvalue weighted by molar-refractivity contribution is 7.15. The Morgan fingerprint density at radius 2 is 2.18 bits per heavy atom. The van der Waals surface area contributed by atoms with E-state index in [4.69, 9.17) is 11.6 Å². The third-order valence-corrected chi connectivity index (χ3v) is 4.23. The highest BCUT2D eigenvalue weighted by Gasteiger charge is 2.20. The number of Topliss-reactive ketones (excluding diaryl/α,β-unsaturated/α-hetero) is 1. The number of halogens is 1. The molecule has 1 heterocycles. The second-order valence-corrected chi connectivity index (χ2v) is 5.63. The van der Waals surface area contributed by atoms with Crippen LogP contribution in [0.25, 0.3) is 10.6 Å². The first kappa shape index (κ1) is 10.9. The number of carbonyl (C=O) groups excluding carboxylic acids is 1. The van der Waals surface area contributed by atoms with Crippen molar-refractivity contribution in [2.75, 3.05) is 0 Å². The summed E-state index contributed by atoms with van der Waals surface area (Å²) in [5.41, 5.74) is 2.12. The van der Waals surface area contributed by atoms with Gasteiger partial charge >= 0.3 is 0 Å². The largest absolute Gasteiger partial charge is 0.299 e. The van der Waals surface area contributed by atoms with Crippen LogP contribution < -0.4 is 0 Å². The van der Waals surface area contributed by atoms with Crippen LogP contribution in [-0.4, -0.2) is 10.8 Å². The van der Waals surface area contributed by atoms with Crippen LogP contribution in [0.15, 0.2) is 24.3 Å². The number of ketones is 1. The molecular formula is C13H10ClNOS. The maximum absolute atomic E-state index is 11.4. The molecule has 2 nitrogen and oxygen atoms in total. The molecule has 0 radical (unpaired) electrons. The van der Waals surface area contributed by atoms with E-state index in [1.807, 2.05) is 24.3 Å². The SMILES string of the molecule is O=C1CCc2nc(-c3cccc(Cl)c3)sc2C1. The van der Waals surface area contributed by atoms with Crippen LogP contribution in [0.2, 0.25) is 5.02 Å². The second kappa shape index (κ2) is 4.24. The lowest BCUT2D eigenvalue weighted by atomic mass is 10.0. The van der Waals surface area contributed by atoms with Crippen molar-refractivity contribution in [3.8, 4) is 10.6 Å². The van der Waals surface area contributed by atoms with Gasteiger partial charge < -0.3 is 0 Å². The quantitative estimate of drug-likeness (QED) is 0.788. The summed E-state index contributed by atoms with van der Waals surface area (Å²) in [5.74, 6) is 0.318. The topological polar surface area (TPSA) is 30.0 Å². The summed E-state index contributed by atoms with van der Waals surface area (Å²) in [6.45, 7) is 0. The minimum Gasteiger partial charge on any atom is -0.299 e. The van der Waals surface area contributed by atoms with Crippen molar-refractivity contribution in [3.05, 3.63) is 39.9 Å². The summed E-state index contributed by atoms with van der Waals surface area (Å²) >= 11 is 7.58.